The lowest BCUT2D eigenvalue weighted by atomic mass is 9.97. The minimum Gasteiger partial charge on any atom is -0.494 e. The lowest BCUT2D eigenvalue weighted by Crippen LogP contribution is -2.41. The van der Waals surface area contributed by atoms with E-state index in [1.807, 2.05) is 22.8 Å². The summed E-state index contributed by atoms with van der Waals surface area (Å²) in [4.78, 5) is 17.8. The Kier molecular flexibility index (Phi) is 4.25. The summed E-state index contributed by atoms with van der Waals surface area (Å²) in [6.07, 6.45) is 2.40. The molecule has 1 unspecified atom stereocenters. The van der Waals surface area contributed by atoms with Crippen LogP contribution in [0.15, 0.2) is 23.0 Å². The minimum absolute atomic E-state index is 0.0406. The number of fused-ring (bicyclic) bond motifs is 1. The number of likely N-dealkylation sites (tertiary alicyclic amines) is 1. The molecule has 5 nitrogen and oxygen atoms in total. The van der Waals surface area contributed by atoms with E-state index >= 15 is 0 Å². The molecule has 1 aromatic carbocycles. The Balaban J connectivity index is 1.88. The fourth-order valence-electron chi connectivity index (χ4n) is 3.48. The maximum absolute atomic E-state index is 12.3. The van der Waals surface area contributed by atoms with Gasteiger partial charge in [0.05, 0.1) is 12.6 Å². The molecular formula is C17H25N3O2. The molecule has 1 fully saturated rings. The number of aromatic nitrogens is 2. The number of methoxy groups -OCH3 is 1. The summed E-state index contributed by atoms with van der Waals surface area (Å²) in [7, 11) is 1.63. The number of benzene rings is 1. The molecule has 2 aromatic rings. The summed E-state index contributed by atoms with van der Waals surface area (Å²) in [6, 6.07) is 6.37. The average Bonchev–Trinajstić information content (AvgIpc) is 2.83. The molecule has 3 rings (SSSR count). The molecule has 1 atom stereocenters. The Morgan fingerprint density at radius 2 is 2.23 bits per heavy atom. The van der Waals surface area contributed by atoms with Crippen LogP contribution in [0.3, 0.4) is 0 Å². The van der Waals surface area contributed by atoms with Gasteiger partial charge in [0.25, 0.3) is 0 Å². The second-order valence-corrected chi connectivity index (χ2v) is 6.49. The normalized spacial score (nSPS) is 19.9. The molecule has 0 aliphatic carbocycles. The van der Waals surface area contributed by atoms with E-state index < -0.39 is 0 Å². The van der Waals surface area contributed by atoms with Gasteiger partial charge in [0, 0.05) is 19.1 Å². The van der Waals surface area contributed by atoms with Crippen LogP contribution in [0.1, 0.15) is 26.7 Å². The Labute approximate surface area is 130 Å². The number of nitrogens with zero attached hydrogens (tertiary/aromatic N) is 2. The highest BCUT2D eigenvalue weighted by Gasteiger charge is 2.23. The Bertz CT molecular complexity index is 701. The van der Waals surface area contributed by atoms with E-state index in [0.29, 0.717) is 12.0 Å². The van der Waals surface area contributed by atoms with Crippen LogP contribution < -0.4 is 10.4 Å². The molecule has 1 saturated heterocycles. The zero-order valence-corrected chi connectivity index (χ0v) is 13.6. The van der Waals surface area contributed by atoms with E-state index in [0.717, 1.165) is 29.9 Å². The maximum Gasteiger partial charge on any atom is 0.326 e. The van der Waals surface area contributed by atoms with Crippen molar-refractivity contribution in [2.75, 3.05) is 20.2 Å². The molecule has 1 aliphatic heterocycles. The Morgan fingerprint density at radius 3 is 2.95 bits per heavy atom. The molecule has 1 N–H and O–H groups in total. The first-order valence-electron chi connectivity index (χ1n) is 8.09. The number of hydrogen-bond acceptors (Lipinski definition) is 3. The molecule has 0 radical (unpaired) electrons. The third-order valence-electron chi connectivity index (χ3n) is 4.71. The monoisotopic (exact) mass is 303 g/mol. The molecule has 0 saturated carbocycles. The molecule has 120 valence electrons. The van der Waals surface area contributed by atoms with Crippen molar-refractivity contribution in [2.24, 2.45) is 5.92 Å². The van der Waals surface area contributed by atoms with Gasteiger partial charge in [-0.2, -0.15) is 0 Å². The molecule has 2 heterocycles. The fraction of sp³-hybridized carbons (Fsp3) is 0.588. The van der Waals surface area contributed by atoms with Crippen molar-refractivity contribution >= 4 is 11.0 Å². The SMILES string of the molecule is COc1cccc2c1[nH]c(=O)n2CC1CCCN(C(C)C)C1. The summed E-state index contributed by atoms with van der Waals surface area (Å²) in [5, 5.41) is 0. The van der Waals surface area contributed by atoms with Crippen LogP contribution in [0, 0.1) is 5.92 Å². The molecule has 1 aliphatic rings. The molecular weight excluding hydrogens is 278 g/mol. The van der Waals surface area contributed by atoms with E-state index in [-0.39, 0.29) is 5.69 Å². The van der Waals surface area contributed by atoms with Gasteiger partial charge in [-0.3, -0.25) is 4.57 Å². The highest BCUT2D eigenvalue weighted by atomic mass is 16.5. The number of ether oxygens (including phenoxy) is 1. The molecule has 5 heteroatoms. The number of hydrogen-bond donors (Lipinski definition) is 1. The van der Waals surface area contributed by atoms with Crippen molar-refractivity contribution < 1.29 is 4.74 Å². The lowest BCUT2D eigenvalue weighted by Gasteiger charge is -2.35. The summed E-state index contributed by atoms with van der Waals surface area (Å²) < 4.78 is 7.21. The van der Waals surface area contributed by atoms with Crippen molar-refractivity contribution in [3.63, 3.8) is 0 Å². The first kappa shape index (κ1) is 15.2. The minimum atomic E-state index is -0.0406. The summed E-state index contributed by atoms with van der Waals surface area (Å²) in [5.74, 6) is 1.25. The summed E-state index contributed by atoms with van der Waals surface area (Å²) >= 11 is 0. The number of H-pyrrole nitrogens is 1. The second kappa shape index (κ2) is 6.16. The highest BCUT2D eigenvalue weighted by molar-refractivity contribution is 5.81. The van der Waals surface area contributed by atoms with Crippen molar-refractivity contribution in [1.82, 2.24) is 14.5 Å². The summed E-state index contributed by atoms with van der Waals surface area (Å²) in [5.41, 5.74) is 1.69. The molecule has 22 heavy (non-hydrogen) atoms. The van der Waals surface area contributed by atoms with Crippen LogP contribution in [-0.4, -0.2) is 40.7 Å². The molecule has 0 spiro atoms. The zero-order chi connectivity index (χ0) is 15.7. The van der Waals surface area contributed by atoms with Gasteiger partial charge in [-0.15, -0.1) is 0 Å². The molecule has 0 bridgehead atoms. The van der Waals surface area contributed by atoms with Crippen LogP contribution in [0.25, 0.3) is 11.0 Å². The average molecular weight is 303 g/mol. The molecule has 0 amide bonds. The van der Waals surface area contributed by atoms with Gasteiger partial charge >= 0.3 is 5.69 Å². The first-order valence-corrected chi connectivity index (χ1v) is 8.09. The first-order chi connectivity index (χ1) is 10.6. The smallest absolute Gasteiger partial charge is 0.326 e. The number of piperidine rings is 1. The number of aromatic amines is 1. The summed E-state index contributed by atoms with van der Waals surface area (Å²) in [6.45, 7) is 7.50. The van der Waals surface area contributed by atoms with Crippen molar-refractivity contribution in [3.8, 4) is 5.75 Å². The molecule has 1 aromatic heterocycles. The van der Waals surface area contributed by atoms with Gasteiger partial charge < -0.3 is 14.6 Å². The van der Waals surface area contributed by atoms with Crippen LogP contribution in [-0.2, 0) is 6.54 Å². The van der Waals surface area contributed by atoms with E-state index in [1.165, 1.54) is 19.4 Å². The van der Waals surface area contributed by atoms with Gasteiger partial charge in [0.2, 0.25) is 0 Å². The van der Waals surface area contributed by atoms with E-state index in [1.54, 1.807) is 7.11 Å². The van der Waals surface area contributed by atoms with Crippen molar-refractivity contribution in [1.29, 1.82) is 0 Å². The predicted molar refractivity (Wildman–Crippen MR) is 88.5 cm³/mol. The number of rotatable bonds is 4. The Morgan fingerprint density at radius 1 is 1.41 bits per heavy atom. The topological polar surface area (TPSA) is 50.3 Å². The van der Waals surface area contributed by atoms with Crippen molar-refractivity contribution in [3.05, 3.63) is 28.7 Å². The van der Waals surface area contributed by atoms with E-state index in [2.05, 4.69) is 23.7 Å². The predicted octanol–water partition coefficient (Wildman–Crippen LogP) is 2.46. The fourth-order valence-corrected chi connectivity index (χ4v) is 3.48. The quantitative estimate of drug-likeness (QED) is 0.944. The zero-order valence-electron chi connectivity index (χ0n) is 13.6. The van der Waals surface area contributed by atoms with E-state index in [4.69, 9.17) is 4.74 Å². The van der Waals surface area contributed by atoms with Gasteiger partial charge in [0.15, 0.2) is 0 Å². The van der Waals surface area contributed by atoms with Gasteiger partial charge in [-0.1, -0.05) is 6.07 Å². The largest absolute Gasteiger partial charge is 0.494 e. The van der Waals surface area contributed by atoms with Gasteiger partial charge in [-0.05, 0) is 51.3 Å². The Hall–Kier alpha value is -1.75. The van der Waals surface area contributed by atoms with Gasteiger partial charge in [-0.25, -0.2) is 4.79 Å². The second-order valence-electron chi connectivity index (χ2n) is 6.49. The standard InChI is InChI=1S/C17H25N3O2/c1-12(2)19-9-5-6-13(10-19)11-20-14-7-4-8-15(22-3)16(14)18-17(20)21/h4,7-8,12-13H,5-6,9-11H2,1-3H3,(H,18,21). The number of nitrogens with one attached hydrogen (secondary N) is 1. The van der Waals surface area contributed by atoms with E-state index in [9.17, 15) is 4.79 Å². The lowest BCUT2D eigenvalue weighted by molar-refractivity contribution is 0.131. The number of imidazole rings is 1. The van der Waals surface area contributed by atoms with Crippen LogP contribution in [0.2, 0.25) is 0 Å². The van der Waals surface area contributed by atoms with Crippen LogP contribution in [0.5, 0.6) is 5.75 Å². The third-order valence-corrected chi connectivity index (χ3v) is 4.71. The maximum atomic E-state index is 12.3. The third kappa shape index (κ3) is 2.77. The van der Waals surface area contributed by atoms with Crippen LogP contribution in [0.4, 0.5) is 0 Å². The van der Waals surface area contributed by atoms with Gasteiger partial charge in [0.1, 0.15) is 11.3 Å². The highest BCUT2D eigenvalue weighted by Crippen LogP contribution is 2.25. The van der Waals surface area contributed by atoms with Crippen molar-refractivity contribution in [2.45, 2.75) is 39.3 Å². The number of para-hydroxylation sites is 1. The van der Waals surface area contributed by atoms with Crippen LogP contribution >= 0.6 is 0 Å².